The number of aryl methyl sites for hydroxylation is 1. The molecule has 0 N–H and O–H groups in total. The van der Waals surface area contributed by atoms with Gasteiger partial charge in [-0.25, -0.2) is 4.98 Å². The summed E-state index contributed by atoms with van der Waals surface area (Å²) < 4.78 is 12.3. The number of pyridine rings is 1. The summed E-state index contributed by atoms with van der Waals surface area (Å²) in [6.07, 6.45) is 1.87. The van der Waals surface area contributed by atoms with E-state index in [-0.39, 0.29) is 0 Å². The first-order valence-corrected chi connectivity index (χ1v) is 7.17. The average molecular weight is 289 g/mol. The lowest BCUT2D eigenvalue weighted by molar-refractivity contribution is 0.672. The highest BCUT2D eigenvalue weighted by Gasteiger charge is 2.18. The summed E-state index contributed by atoms with van der Waals surface area (Å²) in [5, 5.41) is 0. The molecule has 1 aromatic heterocycles. The van der Waals surface area contributed by atoms with Crippen molar-refractivity contribution in [3.8, 4) is 0 Å². The Balaban J connectivity index is 2.19. The molecule has 0 saturated carbocycles. The zero-order valence-electron chi connectivity index (χ0n) is 8.57. The van der Waals surface area contributed by atoms with Gasteiger partial charge in [0.2, 0.25) is 0 Å². The first-order valence-electron chi connectivity index (χ1n) is 4.89. The molecule has 0 bridgehead atoms. The van der Waals surface area contributed by atoms with Crippen LogP contribution in [0.5, 0.6) is 0 Å². The largest absolute Gasteiger partial charge is 0.354 e. The van der Waals surface area contributed by atoms with Gasteiger partial charge in [-0.3, -0.25) is 4.21 Å². The van der Waals surface area contributed by atoms with Crippen LogP contribution in [0.1, 0.15) is 5.56 Å². The fraction of sp³-hybridized carbons (Fsp3) is 0.500. The standard InChI is InChI=1S/C10H13BrN2OS/c1-8-6-9(11)10(12-7-8)13-2-4-15(14)5-3-13/h6-7H,2-5H2,1H3. The van der Waals surface area contributed by atoms with Gasteiger partial charge in [0.25, 0.3) is 0 Å². The molecule has 0 spiro atoms. The highest BCUT2D eigenvalue weighted by atomic mass is 79.9. The third kappa shape index (κ3) is 2.58. The molecule has 1 fully saturated rings. The van der Waals surface area contributed by atoms with Crippen LogP contribution in [-0.4, -0.2) is 33.8 Å². The van der Waals surface area contributed by atoms with Crippen LogP contribution < -0.4 is 4.90 Å². The van der Waals surface area contributed by atoms with Crippen LogP contribution >= 0.6 is 15.9 Å². The minimum Gasteiger partial charge on any atom is -0.354 e. The molecule has 0 atom stereocenters. The Bertz CT molecular complexity index is 387. The summed E-state index contributed by atoms with van der Waals surface area (Å²) in [6, 6.07) is 2.06. The Morgan fingerprint density at radius 1 is 1.47 bits per heavy atom. The van der Waals surface area contributed by atoms with Crippen LogP contribution in [0.15, 0.2) is 16.7 Å². The number of anilines is 1. The normalized spacial score (nSPS) is 18.1. The van der Waals surface area contributed by atoms with E-state index in [4.69, 9.17) is 0 Å². The van der Waals surface area contributed by atoms with E-state index in [2.05, 4.69) is 31.9 Å². The molecule has 3 nitrogen and oxygen atoms in total. The van der Waals surface area contributed by atoms with Gasteiger partial charge in [0.05, 0.1) is 4.47 Å². The molecule has 2 heterocycles. The van der Waals surface area contributed by atoms with Gasteiger partial charge in [-0.2, -0.15) is 0 Å². The zero-order chi connectivity index (χ0) is 10.8. The monoisotopic (exact) mass is 288 g/mol. The second-order valence-electron chi connectivity index (χ2n) is 3.65. The lowest BCUT2D eigenvalue weighted by Gasteiger charge is -2.28. The Morgan fingerprint density at radius 2 is 2.13 bits per heavy atom. The molecule has 5 heteroatoms. The van der Waals surface area contributed by atoms with E-state index in [1.54, 1.807) is 0 Å². The van der Waals surface area contributed by atoms with Crippen molar-refractivity contribution in [2.24, 2.45) is 0 Å². The Hall–Kier alpha value is -0.420. The van der Waals surface area contributed by atoms with Crippen LogP contribution in [0.2, 0.25) is 0 Å². The fourth-order valence-corrected chi connectivity index (χ4v) is 3.38. The fourth-order valence-electron chi connectivity index (χ4n) is 1.61. The Kier molecular flexibility index (Phi) is 3.41. The van der Waals surface area contributed by atoms with Gasteiger partial charge in [-0.15, -0.1) is 0 Å². The van der Waals surface area contributed by atoms with Gasteiger partial charge in [-0.1, -0.05) is 0 Å². The molecule has 1 aromatic rings. The van der Waals surface area contributed by atoms with E-state index >= 15 is 0 Å². The summed E-state index contributed by atoms with van der Waals surface area (Å²) in [5.41, 5.74) is 1.14. The first-order chi connectivity index (χ1) is 7.16. The molecular weight excluding hydrogens is 276 g/mol. The molecule has 1 saturated heterocycles. The van der Waals surface area contributed by atoms with Crippen molar-refractivity contribution in [1.82, 2.24) is 4.98 Å². The van der Waals surface area contributed by atoms with Gasteiger partial charge in [0.15, 0.2) is 0 Å². The molecule has 2 rings (SSSR count). The maximum atomic E-state index is 11.2. The van der Waals surface area contributed by atoms with Crippen LogP contribution in [0.4, 0.5) is 5.82 Å². The number of hydrogen-bond acceptors (Lipinski definition) is 3. The van der Waals surface area contributed by atoms with E-state index in [9.17, 15) is 4.21 Å². The van der Waals surface area contributed by atoms with Crippen LogP contribution in [-0.2, 0) is 10.8 Å². The van der Waals surface area contributed by atoms with E-state index < -0.39 is 10.8 Å². The number of hydrogen-bond donors (Lipinski definition) is 0. The SMILES string of the molecule is Cc1cnc(N2CCS(=O)CC2)c(Br)c1. The summed E-state index contributed by atoms with van der Waals surface area (Å²) in [4.78, 5) is 6.59. The van der Waals surface area contributed by atoms with E-state index in [0.717, 1.165) is 40.4 Å². The molecule has 1 aliphatic heterocycles. The number of nitrogens with zero attached hydrogens (tertiary/aromatic N) is 2. The predicted octanol–water partition coefficient (Wildman–Crippen LogP) is 1.72. The molecule has 1 aliphatic rings. The molecule has 15 heavy (non-hydrogen) atoms. The maximum absolute atomic E-state index is 11.2. The summed E-state index contributed by atoms with van der Waals surface area (Å²) in [5.74, 6) is 2.47. The smallest absolute Gasteiger partial charge is 0.142 e. The molecule has 0 amide bonds. The quantitative estimate of drug-likeness (QED) is 0.789. The summed E-state index contributed by atoms with van der Waals surface area (Å²) >= 11 is 3.52. The summed E-state index contributed by atoms with van der Waals surface area (Å²) in [6.45, 7) is 3.69. The van der Waals surface area contributed by atoms with Crippen LogP contribution in [0.3, 0.4) is 0 Å². The van der Waals surface area contributed by atoms with Crippen LogP contribution in [0, 0.1) is 6.92 Å². The lowest BCUT2D eigenvalue weighted by atomic mass is 10.3. The van der Waals surface area contributed by atoms with Crippen molar-refractivity contribution in [2.75, 3.05) is 29.5 Å². The van der Waals surface area contributed by atoms with Crippen molar-refractivity contribution < 1.29 is 4.21 Å². The average Bonchev–Trinajstić information content (AvgIpc) is 2.20. The molecule has 0 aliphatic carbocycles. The lowest BCUT2D eigenvalue weighted by Crippen LogP contribution is -2.38. The van der Waals surface area contributed by atoms with Crippen LogP contribution in [0.25, 0.3) is 0 Å². The van der Waals surface area contributed by atoms with Gasteiger partial charge < -0.3 is 4.90 Å². The summed E-state index contributed by atoms with van der Waals surface area (Å²) in [7, 11) is -0.630. The van der Waals surface area contributed by atoms with E-state index in [1.807, 2.05) is 13.1 Å². The zero-order valence-corrected chi connectivity index (χ0v) is 11.0. The third-order valence-corrected chi connectivity index (χ3v) is 4.30. The van der Waals surface area contributed by atoms with Gasteiger partial charge in [-0.05, 0) is 34.5 Å². The minimum absolute atomic E-state index is 0.630. The topological polar surface area (TPSA) is 33.2 Å². The third-order valence-electron chi connectivity index (χ3n) is 2.44. The van der Waals surface area contributed by atoms with E-state index in [1.165, 1.54) is 0 Å². The first kappa shape index (κ1) is 11.1. The molecular formula is C10H13BrN2OS. The molecule has 0 aromatic carbocycles. The van der Waals surface area contributed by atoms with Crippen molar-refractivity contribution in [1.29, 1.82) is 0 Å². The number of aromatic nitrogens is 1. The molecule has 0 radical (unpaired) electrons. The van der Waals surface area contributed by atoms with E-state index in [0.29, 0.717) is 0 Å². The molecule has 0 unspecified atom stereocenters. The van der Waals surface area contributed by atoms with Gasteiger partial charge in [0.1, 0.15) is 5.82 Å². The second-order valence-corrected chi connectivity index (χ2v) is 6.20. The van der Waals surface area contributed by atoms with Crippen molar-refractivity contribution >= 4 is 32.5 Å². The number of rotatable bonds is 1. The highest BCUT2D eigenvalue weighted by molar-refractivity contribution is 9.10. The molecule has 82 valence electrons. The van der Waals surface area contributed by atoms with Crippen molar-refractivity contribution in [2.45, 2.75) is 6.92 Å². The van der Waals surface area contributed by atoms with Crippen molar-refractivity contribution in [3.05, 3.63) is 22.3 Å². The minimum atomic E-state index is -0.630. The highest BCUT2D eigenvalue weighted by Crippen LogP contribution is 2.25. The van der Waals surface area contributed by atoms with Crippen molar-refractivity contribution in [3.63, 3.8) is 0 Å². The predicted molar refractivity (Wildman–Crippen MR) is 66.8 cm³/mol. The second kappa shape index (κ2) is 4.61. The van der Waals surface area contributed by atoms with Gasteiger partial charge in [0, 0.05) is 41.6 Å². The Labute approximate surface area is 100 Å². The Morgan fingerprint density at radius 3 is 2.73 bits per heavy atom. The maximum Gasteiger partial charge on any atom is 0.142 e. The van der Waals surface area contributed by atoms with Gasteiger partial charge >= 0.3 is 0 Å². The number of halogens is 1.